The number of anilines is 2. The van der Waals surface area contributed by atoms with E-state index in [0.29, 0.717) is 5.69 Å². The third kappa shape index (κ3) is 5.25. The van der Waals surface area contributed by atoms with Gasteiger partial charge in [0.15, 0.2) is 0 Å². The van der Waals surface area contributed by atoms with E-state index in [2.05, 4.69) is 5.32 Å². The van der Waals surface area contributed by atoms with Crippen molar-refractivity contribution < 1.29 is 13.2 Å². The van der Waals surface area contributed by atoms with Gasteiger partial charge in [-0.15, -0.1) is 0 Å². The summed E-state index contributed by atoms with van der Waals surface area (Å²) in [6.07, 6.45) is 0. The molecule has 34 heavy (non-hydrogen) atoms. The first-order chi connectivity index (χ1) is 16.4. The van der Waals surface area contributed by atoms with Crippen LogP contribution in [0.5, 0.6) is 0 Å². The van der Waals surface area contributed by atoms with E-state index in [9.17, 15) is 13.2 Å². The molecule has 0 fully saturated rings. The highest BCUT2D eigenvalue weighted by atomic mass is 35.5. The first kappa shape index (κ1) is 23.8. The molecule has 0 saturated heterocycles. The summed E-state index contributed by atoms with van der Waals surface area (Å²) in [5.41, 5.74) is 2.55. The van der Waals surface area contributed by atoms with Crippen molar-refractivity contribution >= 4 is 50.5 Å². The van der Waals surface area contributed by atoms with Crippen LogP contribution in [0.25, 0.3) is 11.1 Å². The van der Waals surface area contributed by atoms with Crippen LogP contribution in [0.1, 0.15) is 0 Å². The molecule has 0 aliphatic heterocycles. The zero-order valence-electron chi connectivity index (χ0n) is 17.9. The van der Waals surface area contributed by atoms with Gasteiger partial charge in [-0.1, -0.05) is 89.9 Å². The molecule has 0 aromatic heterocycles. The van der Waals surface area contributed by atoms with Gasteiger partial charge in [0, 0.05) is 11.3 Å². The van der Waals surface area contributed by atoms with Crippen molar-refractivity contribution in [1.29, 1.82) is 0 Å². The lowest BCUT2D eigenvalue weighted by atomic mass is 10.0. The topological polar surface area (TPSA) is 66.5 Å². The number of halogens is 2. The van der Waals surface area contributed by atoms with Crippen molar-refractivity contribution in [3.8, 4) is 11.1 Å². The second kappa shape index (κ2) is 10.3. The third-order valence-corrected chi connectivity index (χ3v) is 7.62. The lowest BCUT2D eigenvalue weighted by molar-refractivity contribution is -0.114. The molecular formula is C26H20Cl2N2O3S. The number of carbonyl (C=O) groups excluding carboxylic acids is 1. The van der Waals surface area contributed by atoms with Crippen LogP contribution >= 0.6 is 23.2 Å². The Labute approximate surface area is 208 Å². The molecule has 4 aromatic rings. The first-order valence-electron chi connectivity index (χ1n) is 10.3. The molecule has 0 spiro atoms. The fourth-order valence-electron chi connectivity index (χ4n) is 3.46. The van der Waals surface area contributed by atoms with Gasteiger partial charge in [-0.3, -0.25) is 9.10 Å². The number of para-hydroxylation sites is 1. The lowest BCUT2D eigenvalue weighted by Gasteiger charge is -2.24. The minimum atomic E-state index is -4.06. The van der Waals surface area contributed by atoms with Crippen LogP contribution in [-0.2, 0) is 14.8 Å². The van der Waals surface area contributed by atoms with Gasteiger partial charge < -0.3 is 5.32 Å². The predicted octanol–water partition coefficient (Wildman–Crippen LogP) is 6.49. The van der Waals surface area contributed by atoms with Gasteiger partial charge >= 0.3 is 0 Å². The molecule has 172 valence electrons. The molecule has 0 bridgehead atoms. The fourth-order valence-corrected chi connectivity index (χ4v) is 5.18. The molecule has 1 N–H and O–H groups in total. The number of amides is 1. The van der Waals surface area contributed by atoms with E-state index in [-0.39, 0.29) is 20.6 Å². The molecule has 5 nitrogen and oxygen atoms in total. The summed E-state index contributed by atoms with van der Waals surface area (Å²) in [7, 11) is -4.06. The molecule has 1 amide bonds. The van der Waals surface area contributed by atoms with Crippen LogP contribution in [0.3, 0.4) is 0 Å². The fraction of sp³-hybridized carbons (Fsp3) is 0.0385. The molecule has 8 heteroatoms. The molecule has 0 saturated carbocycles. The smallest absolute Gasteiger partial charge is 0.264 e. The van der Waals surface area contributed by atoms with E-state index in [1.54, 1.807) is 30.3 Å². The Morgan fingerprint density at radius 3 is 2.06 bits per heavy atom. The Kier molecular flexibility index (Phi) is 7.22. The molecule has 0 heterocycles. The van der Waals surface area contributed by atoms with E-state index < -0.39 is 22.5 Å². The highest BCUT2D eigenvalue weighted by Crippen LogP contribution is 2.31. The van der Waals surface area contributed by atoms with Crippen LogP contribution in [0.15, 0.2) is 108 Å². The highest BCUT2D eigenvalue weighted by molar-refractivity contribution is 7.92. The minimum absolute atomic E-state index is 0.0542. The van der Waals surface area contributed by atoms with Gasteiger partial charge in [0.1, 0.15) is 6.54 Å². The number of sulfonamides is 1. The number of carbonyl (C=O) groups is 1. The summed E-state index contributed by atoms with van der Waals surface area (Å²) in [5.74, 6) is -0.506. The van der Waals surface area contributed by atoms with Gasteiger partial charge in [-0.05, 0) is 42.0 Å². The molecule has 0 aliphatic rings. The lowest BCUT2D eigenvalue weighted by Crippen LogP contribution is -2.38. The van der Waals surface area contributed by atoms with E-state index in [1.807, 2.05) is 42.5 Å². The molecule has 4 aromatic carbocycles. The highest BCUT2D eigenvalue weighted by Gasteiger charge is 2.28. The zero-order valence-corrected chi connectivity index (χ0v) is 20.2. The summed E-state index contributed by atoms with van der Waals surface area (Å²) < 4.78 is 28.0. The SMILES string of the molecule is O=C(CN(c1ccc(Cl)c(Cl)c1)S(=O)(=O)c1ccccc1)Nc1ccccc1-c1ccccc1. The normalized spacial score (nSPS) is 11.1. The summed E-state index contributed by atoms with van der Waals surface area (Å²) >= 11 is 12.2. The Morgan fingerprint density at radius 1 is 0.765 bits per heavy atom. The van der Waals surface area contributed by atoms with Crippen molar-refractivity contribution in [2.45, 2.75) is 4.90 Å². The average Bonchev–Trinajstić information content (AvgIpc) is 2.86. The maximum Gasteiger partial charge on any atom is 0.264 e. The van der Waals surface area contributed by atoms with E-state index in [4.69, 9.17) is 23.2 Å². The summed E-state index contributed by atoms with van der Waals surface area (Å²) in [4.78, 5) is 13.2. The van der Waals surface area contributed by atoms with Gasteiger partial charge in [0.05, 0.1) is 20.6 Å². The molecule has 0 aliphatic carbocycles. The molecule has 0 atom stereocenters. The number of hydrogen-bond acceptors (Lipinski definition) is 3. The monoisotopic (exact) mass is 510 g/mol. The molecular weight excluding hydrogens is 491 g/mol. The second-order valence-corrected chi connectivity index (χ2v) is 10.1. The van der Waals surface area contributed by atoms with Crippen LogP contribution in [0, 0.1) is 0 Å². The molecule has 0 radical (unpaired) electrons. The van der Waals surface area contributed by atoms with Crippen LogP contribution in [0.2, 0.25) is 10.0 Å². The zero-order chi connectivity index (χ0) is 24.1. The first-order valence-corrected chi connectivity index (χ1v) is 12.5. The Hall–Kier alpha value is -3.32. The van der Waals surface area contributed by atoms with E-state index in [0.717, 1.165) is 15.4 Å². The Balaban J connectivity index is 1.68. The van der Waals surface area contributed by atoms with Crippen molar-refractivity contribution in [2.24, 2.45) is 0 Å². The maximum absolute atomic E-state index is 13.5. The van der Waals surface area contributed by atoms with Gasteiger partial charge in [-0.2, -0.15) is 0 Å². The van der Waals surface area contributed by atoms with Crippen LogP contribution in [0.4, 0.5) is 11.4 Å². The Bertz CT molecular complexity index is 1410. The minimum Gasteiger partial charge on any atom is -0.324 e. The number of hydrogen-bond donors (Lipinski definition) is 1. The number of rotatable bonds is 7. The molecule has 0 unspecified atom stereocenters. The van der Waals surface area contributed by atoms with Crippen molar-refractivity contribution in [3.63, 3.8) is 0 Å². The maximum atomic E-state index is 13.5. The van der Waals surface area contributed by atoms with Gasteiger partial charge in [0.2, 0.25) is 5.91 Å². The van der Waals surface area contributed by atoms with Crippen molar-refractivity contribution in [1.82, 2.24) is 0 Å². The summed E-state index contributed by atoms with van der Waals surface area (Å²) in [6.45, 7) is -0.460. The second-order valence-electron chi connectivity index (χ2n) is 7.38. The predicted molar refractivity (Wildman–Crippen MR) is 138 cm³/mol. The largest absolute Gasteiger partial charge is 0.324 e. The third-order valence-electron chi connectivity index (χ3n) is 5.10. The number of nitrogens with zero attached hydrogens (tertiary/aromatic N) is 1. The summed E-state index contributed by atoms with van der Waals surface area (Å²) in [6, 6.07) is 29.3. The standard InChI is InChI=1S/C26H20Cl2N2O3S/c27-23-16-15-20(17-24(23)28)30(34(32,33)21-11-5-2-6-12-21)18-26(31)29-25-14-8-7-13-22(25)19-9-3-1-4-10-19/h1-17H,18H2,(H,29,31). The Morgan fingerprint density at radius 2 is 1.38 bits per heavy atom. The number of nitrogens with one attached hydrogen (secondary N) is 1. The van der Waals surface area contributed by atoms with E-state index in [1.165, 1.54) is 30.3 Å². The van der Waals surface area contributed by atoms with Gasteiger partial charge in [0.25, 0.3) is 10.0 Å². The molecule has 4 rings (SSSR count). The van der Waals surface area contributed by atoms with Crippen molar-refractivity contribution in [3.05, 3.63) is 113 Å². The van der Waals surface area contributed by atoms with Crippen LogP contribution < -0.4 is 9.62 Å². The number of benzene rings is 4. The van der Waals surface area contributed by atoms with Crippen molar-refractivity contribution in [2.75, 3.05) is 16.2 Å². The average molecular weight is 511 g/mol. The van der Waals surface area contributed by atoms with Crippen LogP contribution in [-0.4, -0.2) is 20.9 Å². The van der Waals surface area contributed by atoms with E-state index >= 15 is 0 Å². The van der Waals surface area contributed by atoms with Gasteiger partial charge in [-0.25, -0.2) is 8.42 Å². The summed E-state index contributed by atoms with van der Waals surface area (Å²) in [5, 5.41) is 3.32. The quantitative estimate of drug-likeness (QED) is 0.308.